The van der Waals surface area contributed by atoms with Crippen LogP contribution in [-0.4, -0.2) is 42.2 Å². The zero-order valence-electron chi connectivity index (χ0n) is 10.9. The number of anilines is 1. The number of nitrogens with zero attached hydrogens (tertiary/aromatic N) is 1. The molecule has 0 fully saturated rings. The fraction of sp³-hybridized carbons (Fsp3) is 0.333. The van der Waals surface area contributed by atoms with Crippen LogP contribution in [0.15, 0.2) is 21.1 Å². The van der Waals surface area contributed by atoms with Crippen molar-refractivity contribution in [2.45, 2.75) is 6.92 Å². The summed E-state index contributed by atoms with van der Waals surface area (Å²) >= 11 is 6.65. The second-order valence-corrected chi connectivity index (χ2v) is 5.51. The van der Waals surface area contributed by atoms with Gasteiger partial charge in [-0.1, -0.05) is 0 Å². The highest BCUT2D eigenvalue weighted by Crippen LogP contribution is 2.34. The molecule has 0 unspecified atom stereocenters. The third kappa shape index (κ3) is 4.38. The Morgan fingerprint density at radius 3 is 2.50 bits per heavy atom. The molecule has 20 heavy (non-hydrogen) atoms. The van der Waals surface area contributed by atoms with Gasteiger partial charge in [0, 0.05) is 17.1 Å². The summed E-state index contributed by atoms with van der Waals surface area (Å²) in [5, 5.41) is 11.4. The van der Waals surface area contributed by atoms with Crippen molar-refractivity contribution in [2.75, 3.05) is 25.5 Å². The summed E-state index contributed by atoms with van der Waals surface area (Å²) in [6.07, 6.45) is 0. The molecule has 110 valence electrons. The first-order valence-electron chi connectivity index (χ1n) is 5.69. The van der Waals surface area contributed by atoms with Crippen LogP contribution in [0.5, 0.6) is 5.75 Å². The molecule has 0 aliphatic rings. The molecule has 0 saturated heterocycles. The molecule has 1 rings (SSSR count). The normalized spacial score (nSPS) is 10.0. The number of hydrogen-bond acceptors (Lipinski definition) is 3. The number of rotatable bonds is 5. The maximum Gasteiger partial charge on any atom is 0.323 e. The molecule has 0 aliphatic carbocycles. The molecule has 1 aromatic rings. The Morgan fingerprint density at radius 1 is 1.35 bits per heavy atom. The number of hydrogen-bond donors (Lipinski definition) is 2. The van der Waals surface area contributed by atoms with E-state index in [4.69, 9.17) is 9.84 Å². The van der Waals surface area contributed by atoms with Crippen molar-refractivity contribution in [3.05, 3.63) is 21.1 Å². The Bertz CT molecular complexity index is 522. The van der Waals surface area contributed by atoms with E-state index < -0.39 is 12.0 Å². The topological polar surface area (TPSA) is 78.9 Å². The van der Waals surface area contributed by atoms with E-state index in [1.807, 2.05) is 0 Å². The van der Waals surface area contributed by atoms with Crippen LogP contribution in [0.3, 0.4) is 0 Å². The van der Waals surface area contributed by atoms with Gasteiger partial charge >= 0.3 is 12.0 Å². The molecular formula is C12H14Br2N2O4. The number of aliphatic carboxylic acids is 1. The number of methoxy groups -OCH3 is 1. The average Bonchev–Trinajstić information content (AvgIpc) is 2.38. The number of ether oxygens (including phenoxy) is 1. The second kappa shape index (κ2) is 7.49. The van der Waals surface area contributed by atoms with Crippen molar-refractivity contribution in [3.63, 3.8) is 0 Å². The highest BCUT2D eigenvalue weighted by atomic mass is 79.9. The molecule has 0 aliphatic heterocycles. The van der Waals surface area contributed by atoms with Crippen LogP contribution in [0.25, 0.3) is 0 Å². The molecule has 0 radical (unpaired) electrons. The maximum atomic E-state index is 12.0. The minimum absolute atomic E-state index is 0.295. The molecular weight excluding hydrogens is 396 g/mol. The van der Waals surface area contributed by atoms with Crippen molar-refractivity contribution in [3.8, 4) is 5.75 Å². The van der Waals surface area contributed by atoms with E-state index in [0.29, 0.717) is 22.5 Å². The lowest BCUT2D eigenvalue weighted by Crippen LogP contribution is -2.38. The minimum atomic E-state index is -1.06. The van der Waals surface area contributed by atoms with Gasteiger partial charge in [0.2, 0.25) is 0 Å². The molecule has 2 N–H and O–H groups in total. The van der Waals surface area contributed by atoms with Crippen LogP contribution in [-0.2, 0) is 4.79 Å². The molecule has 0 heterocycles. The number of benzene rings is 1. The molecule has 0 aromatic heterocycles. The average molecular weight is 410 g/mol. The van der Waals surface area contributed by atoms with Gasteiger partial charge in [0.25, 0.3) is 0 Å². The minimum Gasteiger partial charge on any atom is -0.495 e. The molecule has 0 atom stereocenters. The quantitative estimate of drug-likeness (QED) is 0.782. The zero-order chi connectivity index (χ0) is 15.3. The first-order chi connectivity index (χ1) is 9.38. The van der Waals surface area contributed by atoms with Crippen LogP contribution >= 0.6 is 31.9 Å². The Hall–Kier alpha value is -1.28. The Balaban J connectivity index is 2.91. The van der Waals surface area contributed by atoms with Gasteiger partial charge in [0.1, 0.15) is 12.3 Å². The third-order valence-corrected chi connectivity index (χ3v) is 3.75. The first kappa shape index (κ1) is 16.8. The fourth-order valence-corrected chi connectivity index (χ4v) is 2.72. The van der Waals surface area contributed by atoms with Gasteiger partial charge in [-0.05, 0) is 44.8 Å². The lowest BCUT2D eigenvalue weighted by molar-refractivity contribution is -0.137. The predicted octanol–water partition coefficient (Wildman–Crippen LogP) is 3.16. The zero-order valence-corrected chi connectivity index (χ0v) is 14.1. The molecule has 0 bridgehead atoms. The SMILES string of the molecule is CCN(CC(=O)O)C(=O)Nc1cc(OC)c(Br)cc1Br. The van der Waals surface area contributed by atoms with Crippen molar-refractivity contribution in [2.24, 2.45) is 0 Å². The number of urea groups is 1. The number of carboxylic acid groups (broad SMARTS) is 1. The standard InChI is InChI=1S/C12H14Br2N2O4/c1-3-16(6-11(17)18)12(19)15-9-5-10(20-2)8(14)4-7(9)13/h4-5H,3,6H2,1-2H3,(H,15,19)(H,17,18). The van der Waals surface area contributed by atoms with Crippen molar-refractivity contribution in [1.29, 1.82) is 0 Å². The monoisotopic (exact) mass is 408 g/mol. The number of likely N-dealkylation sites (N-methyl/N-ethyl adjacent to an activating group) is 1. The van der Waals surface area contributed by atoms with E-state index in [0.717, 1.165) is 4.47 Å². The number of carboxylic acids is 1. The Labute approximate surface area is 133 Å². The summed E-state index contributed by atoms with van der Waals surface area (Å²) in [5.41, 5.74) is 0.499. The van der Waals surface area contributed by atoms with Gasteiger partial charge in [-0.3, -0.25) is 4.79 Å². The summed E-state index contributed by atoms with van der Waals surface area (Å²) in [4.78, 5) is 23.9. The molecule has 2 amide bonds. The van der Waals surface area contributed by atoms with Crippen molar-refractivity contribution >= 4 is 49.5 Å². The summed E-state index contributed by atoms with van der Waals surface area (Å²) in [7, 11) is 1.52. The lowest BCUT2D eigenvalue weighted by Gasteiger charge is -2.20. The number of nitrogens with one attached hydrogen (secondary N) is 1. The van der Waals surface area contributed by atoms with E-state index in [9.17, 15) is 9.59 Å². The molecule has 0 saturated carbocycles. The fourth-order valence-electron chi connectivity index (χ4n) is 1.47. The van der Waals surface area contributed by atoms with Gasteiger partial charge < -0.3 is 20.1 Å². The van der Waals surface area contributed by atoms with Gasteiger partial charge in [-0.25, -0.2) is 4.79 Å². The van der Waals surface area contributed by atoms with Gasteiger partial charge in [-0.15, -0.1) is 0 Å². The second-order valence-electron chi connectivity index (χ2n) is 3.80. The van der Waals surface area contributed by atoms with E-state index >= 15 is 0 Å². The largest absolute Gasteiger partial charge is 0.495 e. The summed E-state index contributed by atoms with van der Waals surface area (Å²) in [5.74, 6) is -0.501. The smallest absolute Gasteiger partial charge is 0.323 e. The van der Waals surface area contributed by atoms with E-state index in [1.54, 1.807) is 19.1 Å². The molecule has 8 heteroatoms. The Kier molecular flexibility index (Phi) is 6.28. The molecule has 6 nitrogen and oxygen atoms in total. The molecule has 1 aromatic carbocycles. The van der Waals surface area contributed by atoms with Crippen LogP contribution in [0.4, 0.5) is 10.5 Å². The number of amides is 2. The van der Waals surface area contributed by atoms with Crippen molar-refractivity contribution in [1.82, 2.24) is 4.90 Å². The van der Waals surface area contributed by atoms with E-state index in [1.165, 1.54) is 12.0 Å². The summed E-state index contributed by atoms with van der Waals surface area (Å²) in [6.45, 7) is 1.65. The number of carbonyl (C=O) groups is 2. The molecule has 0 spiro atoms. The van der Waals surface area contributed by atoms with Gasteiger partial charge in [-0.2, -0.15) is 0 Å². The van der Waals surface area contributed by atoms with Gasteiger partial charge in [0.05, 0.1) is 17.3 Å². The number of carbonyl (C=O) groups excluding carboxylic acids is 1. The third-order valence-electron chi connectivity index (χ3n) is 2.48. The number of halogens is 2. The lowest BCUT2D eigenvalue weighted by atomic mass is 10.3. The highest BCUT2D eigenvalue weighted by Gasteiger charge is 2.17. The van der Waals surface area contributed by atoms with Crippen LogP contribution < -0.4 is 10.1 Å². The van der Waals surface area contributed by atoms with Crippen LogP contribution in [0, 0.1) is 0 Å². The van der Waals surface area contributed by atoms with Gasteiger partial charge in [0.15, 0.2) is 0 Å². The maximum absolute atomic E-state index is 12.0. The van der Waals surface area contributed by atoms with E-state index in [-0.39, 0.29) is 6.54 Å². The Morgan fingerprint density at radius 2 is 2.00 bits per heavy atom. The first-order valence-corrected chi connectivity index (χ1v) is 7.28. The predicted molar refractivity (Wildman–Crippen MR) is 82.3 cm³/mol. The van der Waals surface area contributed by atoms with Crippen LogP contribution in [0.1, 0.15) is 6.92 Å². The van der Waals surface area contributed by atoms with Crippen molar-refractivity contribution < 1.29 is 19.4 Å². The van der Waals surface area contributed by atoms with E-state index in [2.05, 4.69) is 37.2 Å². The summed E-state index contributed by atoms with van der Waals surface area (Å²) < 4.78 is 6.54. The van der Waals surface area contributed by atoms with Crippen LogP contribution in [0.2, 0.25) is 0 Å². The summed E-state index contributed by atoms with van der Waals surface area (Å²) in [6, 6.07) is 2.89. The highest BCUT2D eigenvalue weighted by molar-refractivity contribution is 9.11.